The van der Waals surface area contributed by atoms with Crippen LogP contribution >= 0.6 is 11.6 Å². The van der Waals surface area contributed by atoms with Crippen LogP contribution in [0.25, 0.3) is 0 Å². The van der Waals surface area contributed by atoms with E-state index < -0.39 is 16.7 Å². The largest absolute Gasteiger partial charge is 0.362 e. The Bertz CT molecular complexity index is 1040. The zero-order valence-electron chi connectivity index (χ0n) is 17.3. The molecule has 1 saturated heterocycles. The molecule has 0 radical (unpaired) electrons. The monoisotopic (exact) mass is 459 g/mol. The molecule has 1 aliphatic heterocycles. The van der Waals surface area contributed by atoms with Crippen molar-refractivity contribution in [1.29, 1.82) is 0 Å². The Morgan fingerprint density at radius 2 is 1.69 bits per heavy atom. The van der Waals surface area contributed by atoms with Crippen LogP contribution < -0.4 is 15.8 Å². The van der Waals surface area contributed by atoms with Crippen molar-refractivity contribution in [1.82, 2.24) is 15.8 Å². The van der Waals surface area contributed by atoms with Gasteiger partial charge in [-0.2, -0.15) is 0 Å². The predicted molar refractivity (Wildman–Crippen MR) is 118 cm³/mol. The van der Waals surface area contributed by atoms with Gasteiger partial charge < -0.3 is 9.80 Å². The molecule has 0 atom stereocenters. The predicted octanol–water partition coefficient (Wildman–Crippen LogP) is 1.92. The van der Waals surface area contributed by atoms with Gasteiger partial charge in [0.1, 0.15) is 5.69 Å². The zero-order valence-corrected chi connectivity index (χ0v) is 18.1. The number of nitro benzene ring substituents is 1. The molecule has 3 rings (SSSR count). The molecule has 1 fully saturated rings. The molecular formula is C21H22ClN5O5. The smallest absolute Gasteiger partial charge is 0.293 e. The van der Waals surface area contributed by atoms with Crippen molar-refractivity contribution in [2.75, 3.05) is 31.1 Å². The number of hydrogen-bond acceptors (Lipinski definition) is 6. The number of piperazine rings is 1. The van der Waals surface area contributed by atoms with Crippen LogP contribution in [-0.2, 0) is 16.0 Å². The van der Waals surface area contributed by atoms with Gasteiger partial charge in [-0.3, -0.25) is 35.3 Å². The van der Waals surface area contributed by atoms with Crippen LogP contribution in [0.5, 0.6) is 0 Å². The van der Waals surface area contributed by atoms with E-state index in [2.05, 4.69) is 10.9 Å². The highest BCUT2D eigenvalue weighted by molar-refractivity contribution is 6.30. The molecule has 11 heteroatoms. The first kappa shape index (κ1) is 23.0. The maximum absolute atomic E-state index is 12.4. The molecule has 0 aliphatic carbocycles. The molecule has 10 nitrogen and oxygen atoms in total. The fraction of sp³-hybridized carbons (Fsp3) is 0.286. The summed E-state index contributed by atoms with van der Waals surface area (Å²) < 4.78 is 0. The van der Waals surface area contributed by atoms with Gasteiger partial charge in [-0.25, -0.2) is 0 Å². The topological polar surface area (TPSA) is 125 Å². The number of rotatable bonds is 5. The van der Waals surface area contributed by atoms with Crippen LogP contribution in [-0.4, -0.2) is 53.7 Å². The summed E-state index contributed by atoms with van der Waals surface area (Å²) in [5.41, 5.74) is 5.47. The number of nitrogens with zero attached hydrogens (tertiary/aromatic N) is 3. The number of carbonyl (C=O) groups excluding carboxylic acids is 3. The average molecular weight is 460 g/mol. The fourth-order valence-corrected chi connectivity index (χ4v) is 3.50. The Labute approximate surface area is 189 Å². The number of hydrogen-bond donors (Lipinski definition) is 2. The van der Waals surface area contributed by atoms with Gasteiger partial charge in [-0.15, -0.1) is 0 Å². The number of nitrogens with one attached hydrogen (secondary N) is 2. The number of carbonyl (C=O) groups is 3. The number of benzene rings is 2. The number of halogens is 1. The molecule has 0 bridgehead atoms. The van der Waals surface area contributed by atoms with Gasteiger partial charge in [0, 0.05) is 49.8 Å². The van der Waals surface area contributed by atoms with Crippen molar-refractivity contribution >= 4 is 40.7 Å². The second-order valence-corrected chi connectivity index (χ2v) is 7.70. The Morgan fingerprint density at radius 1 is 1.03 bits per heavy atom. The molecule has 2 aromatic rings. The van der Waals surface area contributed by atoms with Crippen LogP contribution in [0.2, 0.25) is 5.02 Å². The van der Waals surface area contributed by atoms with Crippen LogP contribution in [0.15, 0.2) is 42.5 Å². The van der Waals surface area contributed by atoms with E-state index in [4.69, 9.17) is 11.6 Å². The molecule has 0 spiro atoms. The standard InChI is InChI=1S/C21H22ClN5O5/c1-14(28)25-8-10-26(11-9-25)18-7-4-16(13-19(18)27(31)32)21(30)24-23-20(29)12-15-2-5-17(22)6-3-15/h2-7,13H,8-12H2,1H3,(H,23,29)(H,24,30). The minimum atomic E-state index is -0.675. The Hall–Kier alpha value is -3.66. The van der Waals surface area contributed by atoms with Crippen LogP contribution in [0.4, 0.5) is 11.4 Å². The maximum atomic E-state index is 12.4. The summed E-state index contributed by atoms with van der Waals surface area (Å²) in [5.74, 6) is -1.16. The summed E-state index contributed by atoms with van der Waals surface area (Å²) in [7, 11) is 0. The summed E-state index contributed by atoms with van der Waals surface area (Å²) in [5, 5.41) is 12.2. The van der Waals surface area contributed by atoms with Gasteiger partial charge in [-0.05, 0) is 29.8 Å². The van der Waals surface area contributed by atoms with E-state index >= 15 is 0 Å². The summed E-state index contributed by atoms with van der Waals surface area (Å²) in [6.45, 7) is 3.32. The van der Waals surface area contributed by atoms with Crippen molar-refractivity contribution in [3.63, 3.8) is 0 Å². The van der Waals surface area contributed by atoms with E-state index in [0.717, 1.165) is 0 Å². The molecule has 0 saturated carbocycles. The molecule has 32 heavy (non-hydrogen) atoms. The van der Waals surface area contributed by atoms with E-state index in [1.165, 1.54) is 25.1 Å². The minimum Gasteiger partial charge on any atom is -0.362 e. The maximum Gasteiger partial charge on any atom is 0.293 e. The quantitative estimate of drug-likeness (QED) is 0.520. The lowest BCUT2D eigenvalue weighted by Gasteiger charge is -2.35. The molecule has 1 aliphatic rings. The van der Waals surface area contributed by atoms with Gasteiger partial charge in [0.25, 0.3) is 11.6 Å². The summed E-state index contributed by atoms with van der Waals surface area (Å²) >= 11 is 5.81. The van der Waals surface area contributed by atoms with Crippen LogP contribution in [0, 0.1) is 10.1 Å². The normalized spacial score (nSPS) is 13.4. The molecule has 3 amide bonds. The minimum absolute atomic E-state index is 0.0305. The van der Waals surface area contributed by atoms with Crippen LogP contribution in [0.3, 0.4) is 0 Å². The number of hydrazine groups is 1. The number of anilines is 1. The second-order valence-electron chi connectivity index (χ2n) is 7.26. The molecule has 2 aromatic carbocycles. The van der Waals surface area contributed by atoms with Gasteiger partial charge in [0.2, 0.25) is 11.8 Å². The Morgan fingerprint density at radius 3 is 2.28 bits per heavy atom. The van der Waals surface area contributed by atoms with Gasteiger partial charge in [0.15, 0.2) is 0 Å². The highest BCUT2D eigenvalue weighted by Gasteiger charge is 2.26. The fourth-order valence-electron chi connectivity index (χ4n) is 3.37. The van der Waals surface area contributed by atoms with Crippen molar-refractivity contribution < 1.29 is 19.3 Å². The highest BCUT2D eigenvalue weighted by atomic mass is 35.5. The lowest BCUT2D eigenvalue weighted by atomic mass is 10.1. The Balaban J connectivity index is 1.63. The SMILES string of the molecule is CC(=O)N1CCN(c2ccc(C(=O)NNC(=O)Cc3ccc(Cl)cc3)cc2[N+](=O)[O-])CC1. The first-order chi connectivity index (χ1) is 15.2. The first-order valence-electron chi connectivity index (χ1n) is 9.87. The van der Waals surface area contributed by atoms with E-state index in [0.29, 0.717) is 42.5 Å². The van der Waals surface area contributed by atoms with Crippen molar-refractivity contribution in [2.45, 2.75) is 13.3 Å². The summed E-state index contributed by atoms with van der Waals surface area (Å²) in [6.07, 6.45) is 0.0305. The van der Waals surface area contributed by atoms with Gasteiger partial charge in [-0.1, -0.05) is 23.7 Å². The molecule has 2 N–H and O–H groups in total. The highest BCUT2D eigenvalue weighted by Crippen LogP contribution is 2.30. The third kappa shape index (κ3) is 5.73. The van der Waals surface area contributed by atoms with E-state index in [1.54, 1.807) is 29.2 Å². The van der Waals surface area contributed by atoms with Gasteiger partial charge >= 0.3 is 0 Å². The van der Waals surface area contributed by atoms with Crippen LogP contribution in [0.1, 0.15) is 22.8 Å². The average Bonchev–Trinajstić information content (AvgIpc) is 2.78. The van der Waals surface area contributed by atoms with E-state index in [1.807, 2.05) is 4.90 Å². The molecular weight excluding hydrogens is 438 g/mol. The summed E-state index contributed by atoms with van der Waals surface area (Å²) in [6, 6.07) is 10.8. The molecule has 0 aromatic heterocycles. The van der Waals surface area contributed by atoms with E-state index in [9.17, 15) is 24.5 Å². The van der Waals surface area contributed by atoms with E-state index in [-0.39, 0.29) is 23.6 Å². The third-order valence-electron chi connectivity index (χ3n) is 5.09. The van der Waals surface area contributed by atoms with Gasteiger partial charge in [0.05, 0.1) is 11.3 Å². The number of nitro groups is 1. The summed E-state index contributed by atoms with van der Waals surface area (Å²) in [4.78, 5) is 50.5. The lowest BCUT2D eigenvalue weighted by molar-refractivity contribution is -0.384. The third-order valence-corrected chi connectivity index (χ3v) is 5.35. The van der Waals surface area contributed by atoms with Crippen molar-refractivity contribution in [3.8, 4) is 0 Å². The van der Waals surface area contributed by atoms with Crippen molar-refractivity contribution in [3.05, 3.63) is 68.7 Å². The zero-order chi connectivity index (χ0) is 23.3. The molecule has 0 unspecified atom stereocenters. The Kier molecular flexibility index (Phi) is 7.26. The van der Waals surface area contributed by atoms with Crippen molar-refractivity contribution in [2.24, 2.45) is 0 Å². The molecule has 168 valence electrons. The molecule has 1 heterocycles. The number of amides is 3. The lowest BCUT2D eigenvalue weighted by Crippen LogP contribution is -2.48. The first-order valence-corrected chi connectivity index (χ1v) is 10.2. The second kappa shape index (κ2) is 10.1.